The fraction of sp³-hybridized carbons (Fsp3) is 0.625. The molecule has 0 fully saturated rings. The SMILES string of the molecule is CC(C)Nc1ncnc(C(N)CCl)n1. The van der Waals surface area contributed by atoms with E-state index in [-0.39, 0.29) is 12.1 Å². The van der Waals surface area contributed by atoms with Crippen molar-refractivity contribution in [2.24, 2.45) is 5.73 Å². The van der Waals surface area contributed by atoms with Gasteiger partial charge in [0.2, 0.25) is 5.95 Å². The number of alkyl halides is 1. The molecule has 0 saturated carbocycles. The molecule has 0 radical (unpaired) electrons. The van der Waals surface area contributed by atoms with E-state index in [1.165, 1.54) is 6.33 Å². The van der Waals surface area contributed by atoms with E-state index in [0.717, 1.165) is 0 Å². The Bertz CT molecular complexity index is 291. The fourth-order valence-corrected chi connectivity index (χ4v) is 1.02. The Kier molecular flexibility index (Phi) is 4.03. The van der Waals surface area contributed by atoms with Crippen molar-refractivity contribution in [2.45, 2.75) is 25.9 Å². The van der Waals surface area contributed by atoms with Crippen LogP contribution in [0.5, 0.6) is 0 Å². The van der Waals surface area contributed by atoms with Gasteiger partial charge in [-0.3, -0.25) is 0 Å². The number of nitrogens with one attached hydrogen (secondary N) is 1. The summed E-state index contributed by atoms with van der Waals surface area (Å²) in [6.45, 7) is 4.01. The zero-order chi connectivity index (χ0) is 10.6. The number of anilines is 1. The minimum atomic E-state index is -0.340. The summed E-state index contributed by atoms with van der Waals surface area (Å²) in [4.78, 5) is 12.1. The Labute approximate surface area is 88.1 Å². The molecule has 14 heavy (non-hydrogen) atoms. The second kappa shape index (κ2) is 5.07. The summed E-state index contributed by atoms with van der Waals surface area (Å²) < 4.78 is 0. The first kappa shape index (κ1) is 11.1. The molecule has 1 heterocycles. The van der Waals surface area contributed by atoms with Crippen molar-refractivity contribution >= 4 is 17.5 Å². The molecule has 1 atom stereocenters. The summed E-state index contributed by atoms with van der Waals surface area (Å²) in [7, 11) is 0. The van der Waals surface area contributed by atoms with Crippen LogP contribution in [-0.4, -0.2) is 26.9 Å². The van der Waals surface area contributed by atoms with Crippen molar-refractivity contribution in [3.63, 3.8) is 0 Å². The van der Waals surface area contributed by atoms with Gasteiger partial charge in [0, 0.05) is 11.9 Å². The molecule has 0 aliphatic heterocycles. The maximum atomic E-state index is 5.68. The van der Waals surface area contributed by atoms with Crippen LogP contribution in [-0.2, 0) is 0 Å². The lowest BCUT2D eigenvalue weighted by Gasteiger charge is -2.10. The number of hydrogen-bond donors (Lipinski definition) is 2. The van der Waals surface area contributed by atoms with E-state index in [4.69, 9.17) is 17.3 Å². The first-order valence-corrected chi connectivity index (χ1v) is 4.94. The van der Waals surface area contributed by atoms with Gasteiger partial charge in [0.1, 0.15) is 6.33 Å². The van der Waals surface area contributed by atoms with E-state index in [9.17, 15) is 0 Å². The Morgan fingerprint density at radius 3 is 2.79 bits per heavy atom. The Balaban J connectivity index is 2.78. The van der Waals surface area contributed by atoms with Crippen molar-refractivity contribution in [1.82, 2.24) is 15.0 Å². The molecule has 5 nitrogen and oxygen atoms in total. The third-order valence-corrected chi connectivity index (χ3v) is 1.84. The van der Waals surface area contributed by atoms with Crippen LogP contribution in [0.4, 0.5) is 5.95 Å². The zero-order valence-electron chi connectivity index (χ0n) is 8.24. The molecule has 0 aromatic carbocycles. The average Bonchev–Trinajstić information content (AvgIpc) is 2.16. The van der Waals surface area contributed by atoms with Crippen LogP contribution in [0.15, 0.2) is 6.33 Å². The summed E-state index contributed by atoms with van der Waals surface area (Å²) >= 11 is 5.60. The van der Waals surface area contributed by atoms with Crippen LogP contribution in [0.3, 0.4) is 0 Å². The van der Waals surface area contributed by atoms with Crippen LogP contribution in [0.25, 0.3) is 0 Å². The molecule has 0 aliphatic carbocycles. The van der Waals surface area contributed by atoms with E-state index >= 15 is 0 Å². The highest BCUT2D eigenvalue weighted by Gasteiger charge is 2.09. The predicted molar refractivity (Wildman–Crippen MR) is 56.2 cm³/mol. The van der Waals surface area contributed by atoms with Crippen molar-refractivity contribution in [2.75, 3.05) is 11.2 Å². The van der Waals surface area contributed by atoms with Crippen molar-refractivity contribution in [1.29, 1.82) is 0 Å². The molecule has 78 valence electrons. The van der Waals surface area contributed by atoms with Gasteiger partial charge >= 0.3 is 0 Å². The summed E-state index contributed by atoms with van der Waals surface area (Å²) in [6, 6.07) is -0.0649. The van der Waals surface area contributed by atoms with Gasteiger partial charge in [0.25, 0.3) is 0 Å². The lowest BCUT2D eigenvalue weighted by atomic mass is 10.3. The number of nitrogens with two attached hydrogens (primary N) is 1. The highest BCUT2D eigenvalue weighted by Crippen LogP contribution is 2.07. The molecule has 1 rings (SSSR count). The number of halogens is 1. The van der Waals surface area contributed by atoms with E-state index in [1.54, 1.807) is 0 Å². The van der Waals surface area contributed by atoms with Crippen LogP contribution < -0.4 is 11.1 Å². The minimum Gasteiger partial charge on any atom is -0.352 e. The molecule has 1 aromatic rings. The molecule has 6 heteroatoms. The molecule has 3 N–H and O–H groups in total. The molecule has 0 saturated heterocycles. The van der Waals surface area contributed by atoms with Gasteiger partial charge in [-0.05, 0) is 13.8 Å². The van der Waals surface area contributed by atoms with Crippen molar-refractivity contribution < 1.29 is 0 Å². The minimum absolute atomic E-state index is 0.275. The molecule has 1 unspecified atom stereocenters. The Hall–Kier alpha value is -0.940. The number of nitrogens with zero attached hydrogens (tertiary/aromatic N) is 3. The van der Waals surface area contributed by atoms with Gasteiger partial charge in [0.05, 0.1) is 6.04 Å². The van der Waals surface area contributed by atoms with Gasteiger partial charge in [-0.15, -0.1) is 11.6 Å². The summed E-state index contributed by atoms with van der Waals surface area (Å²) in [5, 5.41) is 3.06. The van der Waals surface area contributed by atoms with Crippen LogP contribution >= 0.6 is 11.6 Å². The highest BCUT2D eigenvalue weighted by atomic mass is 35.5. The van der Waals surface area contributed by atoms with E-state index < -0.39 is 0 Å². The topological polar surface area (TPSA) is 76.7 Å². The normalized spacial score (nSPS) is 12.9. The smallest absolute Gasteiger partial charge is 0.226 e. The number of hydrogen-bond acceptors (Lipinski definition) is 5. The summed E-state index contributed by atoms with van der Waals surface area (Å²) in [6.07, 6.45) is 1.43. The Morgan fingerprint density at radius 1 is 1.50 bits per heavy atom. The monoisotopic (exact) mass is 215 g/mol. The molecule has 1 aromatic heterocycles. The molecule has 0 aliphatic rings. The highest BCUT2D eigenvalue weighted by molar-refractivity contribution is 6.18. The quantitative estimate of drug-likeness (QED) is 0.731. The third-order valence-electron chi connectivity index (χ3n) is 1.51. The van der Waals surface area contributed by atoms with Gasteiger partial charge in [0.15, 0.2) is 5.82 Å². The average molecular weight is 216 g/mol. The Morgan fingerprint density at radius 2 is 2.21 bits per heavy atom. The van der Waals surface area contributed by atoms with Crippen LogP contribution in [0, 0.1) is 0 Å². The van der Waals surface area contributed by atoms with Crippen molar-refractivity contribution in [3.05, 3.63) is 12.2 Å². The van der Waals surface area contributed by atoms with Crippen LogP contribution in [0.1, 0.15) is 25.7 Å². The maximum absolute atomic E-state index is 5.68. The predicted octanol–water partition coefficient (Wildman–Crippen LogP) is 0.930. The molecular formula is C8H14ClN5. The van der Waals surface area contributed by atoms with E-state index in [0.29, 0.717) is 17.7 Å². The van der Waals surface area contributed by atoms with Gasteiger partial charge < -0.3 is 11.1 Å². The first-order chi connectivity index (χ1) is 6.63. The maximum Gasteiger partial charge on any atom is 0.226 e. The number of aromatic nitrogens is 3. The third kappa shape index (κ3) is 3.08. The van der Waals surface area contributed by atoms with Crippen molar-refractivity contribution in [3.8, 4) is 0 Å². The summed E-state index contributed by atoms with van der Waals surface area (Å²) in [5.41, 5.74) is 5.68. The standard InChI is InChI=1S/C8H14ClN5/c1-5(2)13-8-12-4-11-7(14-8)6(10)3-9/h4-6H,3,10H2,1-2H3,(H,11,12,13,14). The zero-order valence-corrected chi connectivity index (χ0v) is 8.99. The largest absolute Gasteiger partial charge is 0.352 e. The van der Waals surface area contributed by atoms with E-state index in [2.05, 4.69) is 20.3 Å². The molecular weight excluding hydrogens is 202 g/mol. The number of rotatable bonds is 4. The fourth-order valence-electron chi connectivity index (χ4n) is 0.884. The summed E-state index contributed by atoms with van der Waals surface area (Å²) in [5.74, 6) is 1.34. The van der Waals surface area contributed by atoms with E-state index in [1.807, 2.05) is 13.8 Å². The lowest BCUT2D eigenvalue weighted by molar-refractivity contribution is 0.730. The lowest BCUT2D eigenvalue weighted by Crippen LogP contribution is -2.19. The first-order valence-electron chi connectivity index (χ1n) is 4.40. The second-order valence-electron chi connectivity index (χ2n) is 3.23. The molecule has 0 bridgehead atoms. The molecule has 0 spiro atoms. The van der Waals surface area contributed by atoms with Crippen LogP contribution in [0.2, 0.25) is 0 Å². The van der Waals surface area contributed by atoms with Gasteiger partial charge in [-0.25, -0.2) is 9.97 Å². The van der Waals surface area contributed by atoms with Gasteiger partial charge in [-0.2, -0.15) is 4.98 Å². The van der Waals surface area contributed by atoms with Gasteiger partial charge in [-0.1, -0.05) is 0 Å². The molecule has 0 amide bonds. The second-order valence-corrected chi connectivity index (χ2v) is 3.54.